The van der Waals surface area contributed by atoms with Gasteiger partial charge in [-0.05, 0) is 60.5 Å². The Morgan fingerprint density at radius 2 is 1.75 bits per heavy atom. The highest BCUT2D eigenvalue weighted by atomic mass is 32.2. The fraction of sp³-hybridized carbons (Fsp3) is 0.259. The Hall–Kier alpha value is -3.46. The van der Waals surface area contributed by atoms with Gasteiger partial charge < -0.3 is 14.2 Å². The van der Waals surface area contributed by atoms with E-state index in [4.69, 9.17) is 4.42 Å². The van der Waals surface area contributed by atoms with Crippen LogP contribution in [0.2, 0.25) is 0 Å². The first-order valence-corrected chi connectivity index (χ1v) is 12.6. The van der Waals surface area contributed by atoms with Crippen molar-refractivity contribution in [2.24, 2.45) is 0 Å². The normalized spacial score (nSPS) is 14.4. The van der Waals surface area contributed by atoms with Crippen molar-refractivity contribution in [2.75, 3.05) is 31.1 Å². The molecule has 1 aliphatic heterocycles. The minimum Gasteiger partial charge on any atom is -0.431 e. The van der Waals surface area contributed by atoms with E-state index in [1.165, 1.54) is 17.8 Å². The summed E-state index contributed by atoms with van der Waals surface area (Å²) in [5.41, 5.74) is 4.22. The first kappa shape index (κ1) is 24.2. The number of nitrogens with zero attached hydrogens (tertiary/aromatic N) is 3. The van der Waals surface area contributed by atoms with E-state index >= 15 is 0 Å². The van der Waals surface area contributed by atoms with Gasteiger partial charge in [0.1, 0.15) is 5.52 Å². The van der Waals surface area contributed by atoms with Gasteiger partial charge in [0.05, 0.1) is 5.56 Å². The van der Waals surface area contributed by atoms with Crippen molar-refractivity contribution in [2.45, 2.75) is 24.1 Å². The van der Waals surface area contributed by atoms with Crippen LogP contribution in [0.5, 0.6) is 0 Å². The van der Waals surface area contributed by atoms with Gasteiger partial charge in [0.2, 0.25) is 0 Å². The number of benzene rings is 3. The highest BCUT2D eigenvalue weighted by Crippen LogP contribution is 2.32. The molecule has 0 unspecified atom stereocenters. The second-order valence-corrected chi connectivity index (χ2v) is 9.69. The van der Waals surface area contributed by atoms with Crippen LogP contribution in [0.1, 0.15) is 27.0 Å². The number of thioether (sulfide) groups is 1. The van der Waals surface area contributed by atoms with Gasteiger partial charge >= 0.3 is 6.18 Å². The van der Waals surface area contributed by atoms with Crippen LogP contribution in [0.4, 0.5) is 18.9 Å². The van der Waals surface area contributed by atoms with E-state index < -0.39 is 11.7 Å². The first-order chi connectivity index (χ1) is 17.3. The third kappa shape index (κ3) is 5.36. The molecule has 0 saturated carbocycles. The molecule has 1 aromatic heterocycles. The molecular weight excluding hydrogens is 487 g/mol. The molecule has 5 nitrogen and oxygen atoms in total. The van der Waals surface area contributed by atoms with Crippen LogP contribution in [0, 0.1) is 6.92 Å². The average molecular weight is 512 g/mol. The number of aryl methyl sites for hydroxylation is 1. The van der Waals surface area contributed by atoms with Crippen LogP contribution in [0.25, 0.3) is 11.1 Å². The highest BCUT2D eigenvalue weighted by Gasteiger charge is 2.31. The zero-order chi connectivity index (χ0) is 25.3. The van der Waals surface area contributed by atoms with Gasteiger partial charge in [0, 0.05) is 43.2 Å². The second kappa shape index (κ2) is 9.89. The zero-order valence-electron chi connectivity index (χ0n) is 19.6. The molecule has 4 aromatic rings. The van der Waals surface area contributed by atoms with Gasteiger partial charge in [-0.15, -0.1) is 0 Å². The Balaban J connectivity index is 1.16. The van der Waals surface area contributed by atoms with Crippen LogP contribution >= 0.6 is 11.8 Å². The van der Waals surface area contributed by atoms with E-state index in [0.717, 1.165) is 34.4 Å². The summed E-state index contributed by atoms with van der Waals surface area (Å²) in [6, 6.07) is 18.7. The third-order valence-corrected chi connectivity index (χ3v) is 7.09. The minimum atomic E-state index is -4.37. The van der Waals surface area contributed by atoms with Gasteiger partial charge in [-0.25, -0.2) is 4.98 Å². The number of aromatic nitrogens is 1. The van der Waals surface area contributed by atoms with Crippen LogP contribution in [0.3, 0.4) is 0 Å². The van der Waals surface area contributed by atoms with Gasteiger partial charge in [0.15, 0.2) is 5.58 Å². The minimum absolute atomic E-state index is 0.0767. The van der Waals surface area contributed by atoms with Crippen LogP contribution in [-0.2, 0) is 11.9 Å². The molecule has 0 N–H and O–H groups in total. The number of anilines is 1. The molecule has 9 heteroatoms. The van der Waals surface area contributed by atoms with Crippen LogP contribution in [0.15, 0.2) is 76.4 Å². The summed E-state index contributed by atoms with van der Waals surface area (Å²) in [7, 11) is 0. The summed E-state index contributed by atoms with van der Waals surface area (Å²) in [4.78, 5) is 21.1. The molecule has 0 aliphatic carbocycles. The van der Waals surface area contributed by atoms with Crippen molar-refractivity contribution < 1.29 is 22.4 Å². The van der Waals surface area contributed by atoms with Gasteiger partial charge in [-0.3, -0.25) is 4.79 Å². The molecule has 1 amide bonds. The van der Waals surface area contributed by atoms with Crippen LogP contribution < -0.4 is 4.90 Å². The van der Waals surface area contributed by atoms with Crippen molar-refractivity contribution >= 4 is 34.5 Å². The number of hydrogen-bond donors (Lipinski definition) is 0. The third-order valence-electron chi connectivity index (χ3n) is 6.19. The maximum absolute atomic E-state index is 13.0. The lowest BCUT2D eigenvalue weighted by Gasteiger charge is -2.36. The van der Waals surface area contributed by atoms with Gasteiger partial charge in [-0.2, -0.15) is 13.2 Å². The summed E-state index contributed by atoms with van der Waals surface area (Å²) >= 11 is 1.50. The number of carbonyl (C=O) groups is 1. The number of hydrogen-bond acceptors (Lipinski definition) is 5. The molecule has 1 saturated heterocycles. The van der Waals surface area contributed by atoms with E-state index in [1.807, 2.05) is 54.3 Å². The summed E-state index contributed by atoms with van der Waals surface area (Å²) in [5, 5.41) is 0.606. The molecule has 2 heterocycles. The number of oxazole rings is 1. The van der Waals surface area contributed by atoms with E-state index in [-0.39, 0.29) is 5.91 Å². The largest absolute Gasteiger partial charge is 0.431 e. The average Bonchev–Trinajstić information content (AvgIpc) is 3.29. The number of piperazine rings is 1. The molecule has 0 radical (unpaired) electrons. The van der Waals surface area contributed by atoms with Crippen molar-refractivity contribution in [3.8, 4) is 0 Å². The van der Waals surface area contributed by atoms with Gasteiger partial charge in [-0.1, -0.05) is 36.0 Å². The predicted molar refractivity (Wildman–Crippen MR) is 134 cm³/mol. The number of rotatable bonds is 5. The fourth-order valence-corrected chi connectivity index (χ4v) is 4.99. The molecule has 3 aromatic carbocycles. The molecule has 1 aliphatic rings. The number of amides is 1. The predicted octanol–water partition coefficient (Wildman–Crippen LogP) is 6.41. The highest BCUT2D eigenvalue weighted by molar-refractivity contribution is 7.98. The lowest BCUT2D eigenvalue weighted by Crippen LogP contribution is -2.48. The standard InChI is InChI=1S/C27H24F3N3O2S/c1-18-5-10-24-23(15-18)31-26(35-24)36-17-19-6-8-20(9-7-19)25(34)33-13-11-32(12-14-33)22-4-2-3-21(16-22)27(28,29)30/h2-10,15-16H,11-14,17H2,1H3. The smallest absolute Gasteiger partial charge is 0.416 e. The lowest BCUT2D eigenvalue weighted by molar-refractivity contribution is -0.137. The van der Waals surface area contributed by atoms with Crippen LogP contribution in [-0.4, -0.2) is 42.0 Å². The van der Waals surface area contributed by atoms with Crippen molar-refractivity contribution in [3.63, 3.8) is 0 Å². The summed E-state index contributed by atoms with van der Waals surface area (Å²) in [6.07, 6.45) is -4.37. The Morgan fingerprint density at radius 1 is 1.00 bits per heavy atom. The van der Waals surface area contributed by atoms with Crippen molar-refractivity contribution in [1.82, 2.24) is 9.88 Å². The first-order valence-electron chi connectivity index (χ1n) is 11.6. The molecule has 0 atom stereocenters. The summed E-state index contributed by atoms with van der Waals surface area (Å²) in [6.45, 7) is 3.87. The number of carbonyl (C=O) groups excluding carboxylic acids is 1. The monoisotopic (exact) mass is 511 g/mol. The Labute approximate surface area is 210 Å². The Kier molecular flexibility index (Phi) is 6.66. The summed E-state index contributed by atoms with van der Waals surface area (Å²) < 4.78 is 44.9. The molecule has 1 fully saturated rings. The number of alkyl halides is 3. The van der Waals surface area contributed by atoms with Gasteiger partial charge in [0.25, 0.3) is 11.1 Å². The number of fused-ring (bicyclic) bond motifs is 1. The Morgan fingerprint density at radius 3 is 2.47 bits per heavy atom. The quantitative estimate of drug-likeness (QED) is 0.290. The van der Waals surface area contributed by atoms with E-state index in [2.05, 4.69) is 4.98 Å². The molecule has 36 heavy (non-hydrogen) atoms. The molecule has 5 rings (SSSR count). The van der Waals surface area contributed by atoms with E-state index in [9.17, 15) is 18.0 Å². The van der Waals surface area contributed by atoms with E-state index in [1.54, 1.807) is 11.0 Å². The molecular formula is C27H24F3N3O2S. The maximum atomic E-state index is 13.0. The molecule has 0 spiro atoms. The maximum Gasteiger partial charge on any atom is 0.416 e. The SMILES string of the molecule is Cc1ccc2oc(SCc3ccc(C(=O)N4CCN(c5cccc(C(F)(F)F)c5)CC4)cc3)nc2c1. The zero-order valence-corrected chi connectivity index (χ0v) is 20.4. The lowest BCUT2D eigenvalue weighted by atomic mass is 10.1. The second-order valence-electron chi connectivity index (χ2n) is 8.76. The molecule has 0 bridgehead atoms. The van der Waals surface area contributed by atoms with Crippen molar-refractivity contribution in [3.05, 3.63) is 89.0 Å². The Bertz CT molecular complexity index is 1380. The summed E-state index contributed by atoms with van der Waals surface area (Å²) in [5.74, 6) is 0.586. The van der Waals surface area contributed by atoms with E-state index in [0.29, 0.717) is 48.4 Å². The molecule has 186 valence electrons. The van der Waals surface area contributed by atoms with Crippen molar-refractivity contribution in [1.29, 1.82) is 0 Å². The topological polar surface area (TPSA) is 49.6 Å². The number of halogens is 3. The fourth-order valence-electron chi connectivity index (χ4n) is 4.20.